The van der Waals surface area contributed by atoms with Crippen LogP contribution in [0.2, 0.25) is 0 Å². The van der Waals surface area contributed by atoms with E-state index in [9.17, 15) is 8.76 Å². The number of hydrogen-bond acceptors (Lipinski definition) is 4. The van der Waals surface area contributed by atoms with E-state index in [2.05, 4.69) is 17.2 Å². The number of hydrogen-bond donors (Lipinski definition) is 0. The lowest BCUT2D eigenvalue weighted by Gasteiger charge is -2.07. The van der Waals surface area contributed by atoms with Crippen LogP contribution in [-0.4, -0.2) is 25.3 Å². The van der Waals surface area contributed by atoms with Crippen LogP contribution in [0.15, 0.2) is 60.8 Å². The van der Waals surface area contributed by atoms with Crippen molar-refractivity contribution in [2.24, 2.45) is 0 Å². The Morgan fingerprint density at radius 2 is 1.80 bits per heavy atom. The van der Waals surface area contributed by atoms with Crippen molar-refractivity contribution in [1.82, 2.24) is 9.94 Å². The smallest absolute Gasteiger partial charge is 0.114 e. The molecule has 1 aromatic heterocycles. The molecule has 3 aromatic rings. The molecule has 130 valence electrons. The van der Waals surface area contributed by atoms with Crippen LogP contribution in [0.25, 0.3) is 11.3 Å². The van der Waals surface area contributed by atoms with Crippen LogP contribution in [0.5, 0.6) is 0 Å². The summed E-state index contributed by atoms with van der Waals surface area (Å²) in [6, 6.07) is 17.6. The molecule has 1 unspecified atom stereocenters. The predicted octanol–water partition coefficient (Wildman–Crippen LogP) is 2.97. The SMILES string of the molecule is CCOn1cc(Cc2ccccc2)c(-c2ccc(CS(=O)[O-])cc2)n1. The lowest BCUT2D eigenvalue weighted by atomic mass is 10.0. The first-order valence-corrected chi connectivity index (χ1v) is 9.31. The van der Waals surface area contributed by atoms with Crippen LogP contribution in [0.3, 0.4) is 0 Å². The first-order valence-electron chi connectivity index (χ1n) is 8.06. The third-order valence-corrected chi connectivity index (χ3v) is 4.35. The van der Waals surface area contributed by atoms with Gasteiger partial charge in [0, 0.05) is 23.3 Å². The minimum Gasteiger partial charge on any atom is -0.772 e. The van der Waals surface area contributed by atoms with Crippen LogP contribution in [0.1, 0.15) is 23.6 Å². The zero-order chi connectivity index (χ0) is 17.6. The number of nitrogens with zero attached hydrogens (tertiary/aromatic N) is 2. The van der Waals surface area contributed by atoms with Crippen molar-refractivity contribution in [2.45, 2.75) is 19.1 Å². The molecule has 0 spiro atoms. The summed E-state index contributed by atoms with van der Waals surface area (Å²) < 4.78 is 21.6. The number of benzene rings is 2. The molecule has 0 amide bonds. The maximum atomic E-state index is 10.8. The summed E-state index contributed by atoms with van der Waals surface area (Å²) in [6.07, 6.45) is 2.64. The fraction of sp³-hybridized carbons (Fsp3) is 0.211. The van der Waals surface area contributed by atoms with E-state index in [1.807, 2.05) is 55.6 Å². The van der Waals surface area contributed by atoms with Gasteiger partial charge in [0.15, 0.2) is 0 Å². The summed E-state index contributed by atoms with van der Waals surface area (Å²) in [5, 5.41) is 4.53. The Morgan fingerprint density at radius 1 is 1.08 bits per heavy atom. The third-order valence-electron chi connectivity index (χ3n) is 3.78. The summed E-state index contributed by atoms with van der Waals surface area (Å²) in [7, 11) is 0. The molecule has 2 aromatic carbocycles. The predicted molar refractivity (Wildman–Crippen MR) is 96.7 cm³/mol. The van der Waals surface area contributed by atoms with Gasteiger partial charge in [0.1, 0.15) is 6.61 Å². The van der Waals surface area contributed by atoms with E-state index in [-0.39, 0.29) is 5.75 Å². The van der Waals surface area contributed by atoms with Crippen LogP contribution < -0.4 is 4.84 Å². The molecule has 0 aliphatic carbocycles. The molecule has 0 fully saturated rings. The molecule has 5 nitrogen and oxygen atoms in total. The Kier molecular flexibility index (Phi) is 5.63. The molecule has 1 heterocycles. The van der Waals surface area contributed by atoms with Gasteiger partial charge in [-0.2, -0.15) is 0 Å². The van der Waals surface area contributed by atoms with E-state index in [0.29, 0.717) is 6.61 Å². The van der Waals surface area contributed by atoms with E-state index in [1.54, 1.807) is 0 Å². The molecular formula is C19H19N2O3S-. The van der Waals surface area contributed by atoms with Crippen LogP contribution in [-0.2, 0) is 23.3 Å². The normalized spacial score (nSPS) is 12.1. The van der Waals surface area contributed by atoms with E-state index in [1.165, 1.54) is 10.4 Å². The Hall–Kier alpha value is -2.44. The van der Waals surface area contributed by atoms with E-state index in [0.717, 1.165) is 28.8 Å². The molecule has 0 aliphatic heterocycles. The quantitative estimate of drug-likeness (QED) is 0.611. The molecule has 3 rings (SSSR count). The fourth-order valence-electron chi connectivity index (χ4n) is 2.67. The lowest BCUT2D eigenvalue weighted by Crippen LogP contribution is -2.10. The van der Waals surface area contributed by atoms with Gasteiger partial charge in [-0.3, -0.25) is 4.21 Å². The summed E-state index contributed by atoms with van der Waals surface area (Å²) in [5.41, 5.74) is 4.78. The van der Waals surface area contributed by atoms with Gasteiger partial charge < -0.3 is 9.39 Å². The van der Waals surface area contributed by atoms with Gasteiger partial charge in [-0.1, -0.05) is 65.7 Å². The Bertz CT molecular complexity index is 845. The van der Waals surface area contributed by atoms with Crippen LogP contribution >= 0.6 is 0 Å². The van der Waals surface area contributed by atoms with Crippen molar-refractivity contribution < 1.29 is 13.6 Å². The fourth-order valence-corrected chi connectivity index (χ4v) is 3.13. The standard InChI is InChI=1S/C19H20N2O3S/c1-2-24-21-13-18(12-15-6-4-3-5-7-15)19(20-21)17-10-8-16(9-11-17)14-25(22)23/h3-11,13H,2,12,14H2,1H3,(H,22,23)/p-1. The second kappa shape index (κ2) is 8.09. The van der Waals surface area contributed by atoms with E-state index in [4.69, 9.17) is 4.84 Å². The number of aromatic nitrogens is 2. The first-order chi connectivity index (χ1) is 12.2. The third kappa shape index (κ3) is 4.55. The minimum atomic E-state index is -2.09. The van der Waals surface area contributed by atoms with Crippen molar-refractivity contribution in [3.8, 4) is 11.3 Å². The van der Waals surface area contributed by atoms with Crippen molar-refractivity contribution in [2.75, 3.05) is 6.61 Å². The molecular weight excluding hydrogens is 336 g/mol. The summed E-state index contributed by atoms with van der Waals surface area (Å²) >= 11 is -2.09. The topological polar surface area (TPSA) is 67.2 Å². The first kappa shape index (κ1) is 17.4. The molecule has 0 saturated carbocycles. The zero-order valence-corrected chi connectivity index (χ0v) is 14.7. The Morgan fingerprint density at radius 3 is 2.44 bits per heavy atom. The van der Waals surface area contributed by atoms with Crippen molar-refractivity contribution >= 4 is 11.1 Å². The van der Waals surface area contributed by atoms with Gasteiger partial charge in [-0.25, -0.2) is 0 Å². The highest BCUT2D eigenvalue weighted by molar-refractivity contribution is 7.78. The minimum absolute atomic E-state index is 0.0184. The largest absolute Gasteiger partial charge is 0.772 e. The van der Waals surface area contributed by atoms with Gasteiger partial charge in [0.25, 0.3) is 0 Å². The second-order valence-electron chi connectivity index (χ2n) is 5.63. The molecule has 0 radical (unpaired) electrons. The van der Waals surface area contributed by atoms with Crippen LogP contribution in [0, 0.1) is 0 Å². The van der Waals surface area contributed by atoms with Crippen molar-refractivity contribution in [3.05, 3.63) is 77.5 Å². The summed E-state index contributed by atoms with van der Waals surface area (Å²) in [5.74, 6) is 0.0184. The molecule has 25 heavy (non-hydrogen) atoms. The monoisotopic (exact) mass is 355 g/mol. The van der Waals surface area contributed by atoms with Gasteiger partial charge >= 0.3 is 0 Å². The zero-order valence-electron chi connectivity index (χ0n) is 13.9. The average Bonchev–Trinajstić information content (AvgIpc) is 2.99. The van der Waals surface area contributed by atoms with Gasteiger partial charge in [0.05, 0.1) is 11.9 Å². The molecule has 0 aliphatic rings. The van der Waals surface area contributed by atoms with Crippen molar-refractivity contribution in [1.29, 1.82) is 0 Å². The second-order valence-corrected chi connectivity index (χ2v) is 6.53. The van der Waals surface area contributed by atoms with E-state index >= 15 is 0 Å². The van der Waals surface area contributed by atoms with Gasteiger partial charge in [0.2, 0.25) is 0 Å². The highest BCUT2D eigenvalue weighted by Gasteiger charge is 2.12. The molecule has 6 heteroatoms. The lowest BCUT2D eigenvalue weighted by molar-refractivity contribution is 0.0931. The van der Waals surface area contributed by atoms with Crippen LogP contribution in [0.4, 0.5) is 0 Å². The maximum absolute atomic E-state index is 10.8. The molecule has 0 bridgehead atoms. The average molecular weight is 355 g/mol. The molecule has 0 N–H and O–H groups in total. The Balaban J connectivity index is 1.92. The maximum Gasteiger partial charge on any atom is 0.114 e. The molecule has 0 saturated heterocycles. The Labute approximate surface area is 149 Å². The van der Waals surface area contributed by atoms with Crippen molar-refractivity contribution in [3.63, 3.8) is 0 Å². The molecule has 1 atom stereocenters. The number of rotatable bonds is 7. The highest BCUT2D eigenvalue weighted by atomic mass is 32.2. The highest BCUT2D eigenvalue weighted by Crippen LogP contribution is 2.25. The van der Waals surface area contributed by atoms with Gasteiger partial charge in [-0.05, 0) is 18.1 Å². The summed E-state index contributed by atoms with van der Waals surface area (Å²) in [4.78, 5) is 6.98. The summed E-state index contributed by atoms with van der Waals surface area (Å²) in [6.45, 7) is 2.44. The van der Waals surface area contributed by atoms with E-state index < -0.39 is 11.1 Å². The van der Waals surface area contributed by atoms with Gasteiger partial charge in [-0.15, -0.1) is 9.94 Å².